The summed E-state index contributed by atoms with van der Waals surface area (Å²) < 4.78 is 1.68. The molecule has 1 aliphatic carbocycles. The van der Waals surface area contributed by atoms with Gasteiger partial charge in [-0.25, -0.2) is 9.67 Å². The number of carbonyl (C=O) groups is 1. The number of hydrogen-bond donors (Lipinski definition) is 2. The summed E-state index contributed by atoms with van der Waals surface area (Å²) in [5, 5.41) is 8.25. The molecule has 0 amide bonds. The van der Waals surface area contributed by atoms with Gasteiger partial charge in [0.05, 0.1) is 11.9 Å². The first kappa shape index (κ1) is 19.4. The second-order valence-corrected chi connectivity index (χ2v) is 6.80. The molecular formula is C17H27ClN6O. The van der Waals surface area contributed by atoms with Gasteiger partial charge < -0.3 is 10.7 Å². The predicted octanol–water partition coefficient (Wildman–Crippen LogP) is 2.72. The highest BCUT2D eigenvalue weighted by atomic mass is 35.5. The fourth-order valence-electron chi connectivity index (χ4n) is 3.45. The summed E-state index contributed by atoms with van der Waals surface area (Å²) in [7, 11) is 0. The molecule has 0 saturated heterocycles. The van der Waals surface area contributed by atoms with Crippen molar-refractivity contribution in [2.75, 3.05) is 5.73 Å². The molecule has 0 spiro atoms. The monoisotopic (exact) mass is 366 g/mol. The maximum atomic E-state index is 12.2. The minimum Gasteiger partial charge on any atom is -0.369 e. The van der Waals surface area contributed by atoms with Gasteiger partial charge in [-0.3, -0.25) is 4.79 Å². The van der Waals surface area contributed by atoms with Crippen LogP contribution in [-0.4, -0.2) is 30.7 Å². The largest absolute Gasteiger partial charge is 0.369 e. The van der Waals surface area contributed by atoms with Crippen LogP contribution < -0.4 is 5.73 Å². The summed E-state index contributed by atoms with van der Waals surface area (Å²) in [6.45, 7) is 0.348. The van der Waals surface area contributed by atoms with E-state index in [9.17, 15) is 4.79 Å². The van der Waals surface area contributed by atoms with Gasteiger partial charge >= 0.3 is 0 Å². The average Bonchev–Trinajstić information content (AvgIpc) is 3.17. The zero-order valence-corrected chi connectivity index (χ0v) is 15.3. The van der Waals surface area contributed by atoms with Gasteiger partial charge in [0.1, 0.15) is 6.54 Å². The summed E-state index contributed by atoms with van der Waals surface area (Å²) in [5.74, 6) is 1.30. The van der Waals surface area contributed by atoms with Crippen LogP contribution in [0.1, 0.15) is 56.3 Å². The Balaban J connectivity index is 0.00000225. The van der Waals surface area contributed by atoms with E-state index in [2.05, 4.69) is 20.3 Å². The van der Waals surface area contributed by atoms with Crippen LogP contribution in [0.4, 0.5) is 5.95 Å². The summed E-state index contributed by atoms with van der Waals surface area (Å²) in [4.78, 5) is 19.2. The van der Waals surface area contributed by atoms with E-state index in [0.29, 0.717) is 24.8 Å². The maximum Gasteiger partial charge on any atom is 0.197 e. The highest BCUT2D eigenvalue weighted by molar-refractivity contribution is 5.85. The second kappa shape index (κ2) is 9.56. The van der Waals surface area contributed by atoms with Crippen molar-refractivity contribution in [3.8, 4) is 0 Å². The number of ketones is 1. The zero-order valence-electron chi connectivity index (χ0n) is 14.5. The molecule has 0 aliphatic heterocycles. The zero-order chi connectivity index (χ0) is 16.8. The molecule has 0 radical (unpaired) electrons. The molecule has 1 aliphatic rings. The fourth-order valence-corrected chi connectivity index (χ4v) is 3.45. The van der Waals surface area contributed by atoms with Gasteiger partial charge in [0, 0.05) is 18.3 Å². The van der Waals surface area contributed by atoms with E-state index in [1.807, 2.05) is 6.20 Å². The van der Waals surface area contributed by atoms with Crippen molar-refractivity contribution in [1.29, 1.82) is 0 Å². The molecule has 0 atom stereocenters. The van der Waals surface area contributed by atoms with Crippen molar-refractivity contribution in [3.63, 3.8) is 0 Å². The number of aromatic nitrogens is 5. The number of aryl methyl sites for hydroxylation is 2. The molecule has 2 aromatic heterocycles. The Morgan fingerprint density at radius 2 is 2.08 bits per heavy atom. The van der Waals surface area contributed by atoms with Crippen molar-refractivity contribution >= 4 is 24.1 Å². The van der Waals surface area contributed by atoms with E-state index in [-0.39, 0.29) is 18.2 Å². The number of carbonyl (C=O) groups excluding carboxylic acids is 1. The van der Waals surface area contributed by atoms with Crippen LogP contribution in [0.3, 0.4) is 0 Å². The molecule has 3 rings (SSSR count). The number of nitrogens with two attached hydrogens (primary N) is 1. The van der Waals surface area contributed by atoms with Crippen molar-refractivity contribution in [1.82, 2.24) is 25.0 Å². The molecule has 138 valence electrons. The molecule has 0 aromatic carbocycles. The smallest absolute Gasteiger partial charge is 0.197 e. The van der Waals surface area contributed by atoms with Crippen LogP contribution >= 0.6 is 12.4 Å². The van der Waals surface area contributed by atoms with Crippen LogP contribution in [0.5, 0.6) is 0 Å². The van der Waals surface area contributed by atoms with Crippen LogP contribution in [0.15, 0.2) is 12.4 Å². The summed E-state index contributed by atoms with van der Waals surface area (Å²) in [6, 6.07) is 0. The van der Waals surface area contributed by atoms with Gasteiger partial charge in [0.25, 0.3) is 0 Å². The molecule has 1 saturated carbocycles. The Bertz CT molecular complexity index is 662. The Hall–Kier alpha value is -1.89. The van der Waals surface area contributed by atoms with Crippen LogP contribution in [0.2, 0.25) is 0 Å². The number of aromatic amines is 1. The van der Waals surface area contributed by atoms with Crippen LogP contribution in [0, 0.1) is 5.92 Å². The third kappa shape index (κ3) is 6.16. The van der Waals surface area contributed by atoms with Crippen molar-refractivity contribution in [2.45, 2.75) is 64.3 Å². The molecule has 8 heteroatoms. The highest BCUT2D eigenvalue weighted by Gasteiger charge is 2.17. The Morgan fingerprint density at radius 1 is 1.28 bits per heavy atom. The number of Topliss-reactive ketones (excluding diaryl/α,β-unsaturated/α-hetero) is 1. The van der Waals surface area contributed by atoms with Crippen LogP contribution in [0.25, 0.3) is 0 Å². The molecule has 0 unspecified atom stereocenters. The van der Waals surface area contributed by atoms with Gasteiger partial charge in [-0.15, -0.1) is 17.5 Å². The molecule has 7 nitrogen and oxygen atoms in total. The lowest BCUT2D eigenvalue weighted by atomic mass is 9.86. The second-order valence-electron chi connectivity index (χ2n) is 6.80. The third-order valence-electron chi connectivity index (χ3n) is 4.69. The van der Waals surface area contributed by atoms with E-state index in [4.69, 9.17) is 5.73 Å². The lowest BCUT2D eigenvalue weighted by Gasteiger charge is -2.20. The first-order chi connectivity index (χ1) is 11.7. The number of imidazole rings is 1. The van der Waals surface area contributed by atoms with Gasteiger partial charge in [-0.05, 0) is 25.2 Å². The summed E-state index contributed by atoms with van der Waals surface area (Å²) >= 11 is 0. The third-order valence-corrected chi connectivity index (χ3v) is 4.69. The average molecular weight is 367 g/mol. The Labute approximate surface area is 154 Å². The van der Waals surface area contributed by atoms with E-state index in [0.717, 1.165) is 30.7 Å². The van der Waals surface area contributed by atoms with Gasteiger partial charge in [-0.1, -0.05) is 37.3 Å². The van der Waals surface area contributed by atoms with E-state index in [1.165, 1.54) is 32.1 Å². The number of nitrogens with one attached hydrogen (secondary N) is 1. The molecular weight excluding hydrogens is 340 g/mol. The fraction of sp³-hybridized carbons (Fsp3) is 0.647. The molecule has 3 N–H and O–H groups in total. The van der Waals surface area contributed by atoms with Crippen molar-refractivity contribution < 1.29 is 4.79 Å². The number of hydrogen-bond acceptors (Lipinski definition) is 5. The van der Waals surface area contributed by atoms with Crippen LogP contribution in [-0.2, 0) is 24.2 Å². The maximum absolute atomic E-state index is 12.2. The Kier molecular flexibility index (Phi) is 7.43. The van der Waals surface area contributed by atoms with Crippen molar-refractivity contribution in [2.24, 2.45) is 5.92 Å². The lowest BCUT2D eigenvalue weighted by Crippen LogP contribution is -2.17. The summed E-state index contributed by atoms with van der Waals surface area (Å²) in [5.41, 5.74) is 7.51. The number of H-pyrrole nitrogens is 1. The number of rotatable bonds is 8. The number of halogens is 1. The minimum absolute atomic E-state index is 0. The number of anilines is 1. The molecule has 0 bridgehead atoms. The number of nitrogens with zero attached hydrogens (tertiary/aromatic N) is 4. The van der Waals surface area contributed by atoms with E-state index >= 15 is 0 Å². The molecule has 2 aromatic rings. The first-order valence-electron chi connectivity index (χ1n) is 8.89. The molecule has 2 heterocycles. The number of nitrogen functional groups attached to an aromatic ring is 1. The Morgan fingerprint density at radius 3 is 2.80 bits per heavy atom. The quantitative estimate of drug-likeness (QED) is 0.747. The minimum atomic E-state index is 0. The predicted molar refractivity (Wildman–Crippen MR) is 98.5 cm³/mol. The van der Waals surface area contributed by atoms with Gasteiger partial charge in [-0.2, -0.15) is 0 Å². The normalized spacial score (nSPS) is 15.0. The SMILES string of the molecule is Cl.Nc1ncc(CCCc2cn(CC(=O)CC3CCCCC3)nn2)[nH]1. The topological polar surface area (TPSA) is 102 Å². The lowest BCUT2D eigenvalue weighted by molar-refractivity contribution is -0.121. The molecule has 1 fully saturated rings. The van der Waals surface area contributed by atoms with Crippen molar-refractivity contribution in [3.05, 3.63) is 23.8 Å². The summed E-state index contributed by atoms with van der Waals surface area (Å²) in [6.07, 6.45) is 13.2. The van der Waals surface area contributed by atoms with E-state index in [1.54, 1.807) is 10.9 Å². The first-order valence-corrected chi connectivity index (χ1v) is 8.89. The molecule has 25 heavy (non-hydrogen) atoms. The van der Waals surface area contributed by atoms with Gasteiger partial charge in [0.2, 0.25) is 0 Å². The standard InChI is InChI=1S/C17H26N6O.ClH/c18-17-19-10-14(20-17)7-4-8-15-11-23(22-21-15)12-16(24)9-13-5-2-1-3-6-13;/h10-11,13H,1-9,12H2,(H3,18,19,20);1H. The van der Waals surface area contributed by atoms with Gasteiger partial charge in [0.15, 0.2) is 11.7 Å². The highest BCUT2D eigenvalue weighted by Crippen LogP contribution is 2.26. The van der Waals surface area contributed by atoms with E-state index < -0.39 is 0 Å².